The van der Waals surface area contributed by atoms with E-state index in [9.17, 15) is 9.59 Å². The van der Waals surface area contributed by atoms with E-state index in [0.29, 0.717) is 6.54 Å². The van der Waals surface area contributed by atoms with Crippen LogP contribution in [0.25, 0.3) is 0 Å². The summed E-state index contributed by atoms with van der Waals surface area (Å²) in [5.74, 6) is -0.991. The highest BCUT2D eigenvalue weighted by Crippen LogP contribution is 2.24. The quantitative estimate of drug-likeness (QED) is 0.807. The van der Waals surface area contributed by atoms with E-state index >= 15 is 0 Å². The van der Waals surface area contributed by atoms with Gasteiger partial charge in [-0.25, -0.2) is 4.79 Å². The monoisotopic (exact) mass is 281 g/mol. The Labute approximate surface area is 120 Å². The van der Waals surface area contributed by atoms with Crippen LogP contribution in [0.1, 0.15) is 46.0 Å². The summed E-state index contributed by atoms with van der Waals surface area (Å²) in [7, 11) is 0. The molecule has 1 saturated carbocycles. The fourth-order valence-electron chi connectivity index (χ4n) is 2.62. The maximum atomic E-state index is 12.6. The van der Waals surface area contributed by atoms with Gasteiger partial charge in [-0.15, -0.1) is 0 Å². The standard InChI is InChI=1S/C14H23N3O3/c1-11(2)16(9-5-8-15)14(20)17(10-13(18)19)12-6-3-4-7-12/h11-12H,3-7,9-10H2,1-2H3,(H,18,19). The lowest BCUT2D eigenvalue weighted by atomic mass is 10.2. The molecule has 6 heteroatoms. The fraction of sp³-hybridized carbons (Fsp3) is 0.786. The molecule has 1 aliphatic rings. The minimum atomic E-state index is -0.991. The molecule has 1 N–H and O–H groups in total. The van der Waals surface area contributed by atoms with Crippen LogP contribution in [0, 0.1) is 11.3 Å². The van der Waals surface area contributed by atoms with Gasteiger partial charge in [0.15, 0.2) is 0 Å². The van der Waals surface area contributed by atoms with Gasteiger partial charge >= 0.3 is 12.0 Å². The lowest BCUT2D eigenvalue weighted by Gasteiger charge is -2.35. The maximum absolute atomic E-state index is 12.6. The Kier molecular flexibility index (Phi) is 6.29. The number of carbonyl (C=O) groups is 2. The van der Waals surface area contributed by atoms with E-state index < -0.39 is 5.97 Å². The van der Waals surface area contributed by atoms with Crippen molar-refractivity contribution in [1.82, 2.24) is 9.80 Å². The molecule has 0 aromatic heterocycles. The molecule has 1 fully saturated rings. The summed E-state index contributed by atoms with van der Waals surface area (Å²) in [6.45, 7) is 3.83. The molecule has 1 aliphatic carbocycles. The maximum Gasteiger partial charge on any atom is 0.323 e. The van der Waals surface area contributed by atoms with Crippen LogP contribution in [0.2, 0.25) is 0 Å². The van der Waals surface area contributed by atoms with Gasteiger partial charge in [0.1, 0.15) is 6.54 Å². The number of amides is 2. The van der Waals surface area contributed by atoms with Crippen molar-refractivity contribution in [3.8, 4) is 6.07 Å². The Morgan fingerprint density at radius 2 is 1.95 bits per heavy atom. The van der Waals surface area contributed by atoms with E-state index in [0.717, 1.165) is 25.7 Å². The molecule has 0 aromatic rings. The van der Waals surface area contributed by atoms with Crippen LogP contribution in [-0.4, -0.2) is 52.1 Å². The zero-order valence-corrected chi connectivity index (χ0v) is 12.2. The van der Waals surface area contributed by atoms with E-state index in [1.165, 1.54) is 4.90 Å². The number of rotatable bonds is 6. The summed E-state index contributed by atoms with van der Waals surface area (Å²) in [4.78, 5) is 26.7. The first-order valence-corrected chi connectivity index (χ1v) is 7.13. The van der Waals surface area contributed by atoms with Crippen LogP contribution in [0.4, 0.5) is 4.79 Å². The first-order chi connectivity index (χ1) is 9.47. The molecule has 6 nitrogen and oxygen atoms in total. The highest BCUT2D eigenvalue weighted by Gasteiger charge is 2.32. The van der Waals surface area contributed by atoms with Crippen molar-refractivity contribution in [2.45, 2.75) is 58.0 Å². The van der Waals surface area contributed by atoms with E-state index in [-0.39, 0.29) is 31.1 Å². The van der Waals surface area contributed by atoms with Crippen molar-refractivity contribution < 1.29 is 14.7 Å². The number of carboxylic acid groups (broad SMARTS) is 1. The Balaban J connectivity index is 2.83. The SMILES string of the molecule is CC(C)N(CCC#N)C(=O)N(CC(=O)O)C1CCCC1. The smallest absolute Gasteiger partial charge is 0.323 e. The molecule has 1 rings (SSSR count). The van der Waals surface area contributed by atoms with Gasteiger partial charge < -0.3 is 14.9 Å². The van der Waals surface area contributed by atoms with Crippen molar-refractivity contribution in [1.29, 1.82) is 5.26 Å². The van der Waals surface area contributed by atoms with Crippen molar-refractivity contribution >= 4 is 12.0 Å². The second kappa shape index (κ2) is 7.73. The van der Waals surface area contributed by atoms with Gasteiger partial charge in [-0.05, 0) is 26.7 Å². The number of aliphatic carboxylic acids is 1. The number of hydrogen-bond acceptors (Lipinski definition) is 3. The highest BCUT2D eigenvalue weighted by molar-refractivity contribution is 5.80. The van der Waals surface area contributed by atoms with Gasteiger partial charge in [-0.1, -0.05) is 12.8 Å². The molecule has 0 aromatic carbocycles. The van der Waals surface area contributed by atoms with Gasteiger partial charge in [0, 0.05) is 18.6 Å². The first-order valence-electron chi connectivity index (χ1n) is 7.13. The average Bonchev–Trinajstić information content (AvgIpc) is 2.89. The third kappa shape index (κ3) is 4.41. The molecule has 0 unspecified atom stereocenters. The third-order valence-electron chi connectivity index (χ3n) is 3.65. The van der Waals surface area contributed by atoms with Crippen LogP contribution in [-0.2, 0) is 4.79 Å². The predicted molar refractivity (Wildman–Crippen MR) is 74.1 cm³/mol. The summed E-state index contributed by atoms with van der Waals surface area (Å²) < 4.78 is 0. The zero-order valence-electron chi connectivity index (χ0n) is 12.2. The van der Waals surface area contributed by atoms with Crippen LogP contribution >= 0.6 is 0 Å². The molecule has 0 radical (unpaired) electrons. The normalized spacial score (nSPS) is 15.1. The van der Waals surface area contributed by atoms with Crippen LogP contribution in [0.3, 0.4) is 0 Å². The zero-order chi connectivity index (χ0) is 15.1. The predicted octanol–water partition coefficient (Wildman–Crippen LogP) is 2.06. The van der Waals surface area contributed by atoms with E-state index in [1.807, 2.05) is 19.9 Å². The summed E-state index contributed by atoms with van der Waals surface area (Å²) in [6, 6.07) is 1.74. The number of nitrogens with zero attached hydrogens (tertiary/aromatic N) is 3. The second-order valence-corrected chi connectivity index (χ2v) is 5.44. The van der Waals surface area contributed by atoms with Gasteiger partial charge in [0.05, 0.1) is 12.5 Å². The number of urea groups is 1. The van der Waals surface area contributed by atoms with E-state index in [2.05, 4.69) is 0 Å². The summed E-state index contributed by atoms with van der Waals surface area (Å²) in [5.41, 5.74) is 0. The molecule has 0 spiro atoms. The van der Waals surface area contributed by atoms with Gasteiger partial charge in [-0.2, -0.15) is 5.26 Å². The second-order valence-electron chi connectivity index (χ2n) is 5.44. The van der Waals surface area contributed by atoms with Crippen molar-refractivity contribution in [3.05, 3.63) is 0 Å². The van der Waals surface area contributed by atoms with Crippen molar-refractivity contribution in [2.24, 2.45) is 0 Å². The van der Waals surface area contributed by atoms with Crippen molar-refractivity contribution in [3.63, 3.8) is 0 Å². The first kappa shape index (κ1) is 16.3. The fourth-order valence-corrected chi connectivity index (χ4v) is 2.62. The molecule has 112 valence electrons. The molecule has 0 bridgehead atoms. The largest absolute Gasteiger partial charge is 0.480 e. The summed E-state index contributed by atoms with van der Waals surface area (Å²) in [6.07, 6.45) is 4.06. The lowest BCUT2D eigenvalue weighted by Crippen LogP contribution is -2.51. The number of carbonyl (C=O) groups excluding carboxylic acids is 1. The molecule has 0 aliphatic heterocycles. The molecule has 0 atom stereocenters. The molecular weight excluding hydrogens is 258 g/mol. The average molecular weight is 281 g/mol. The van der Waals surface area contributed by atoms with Gasteiger partial charge in [0.2, 0.25) is 0 Å². The van der Waals surface area contributed by atoms with E-state index in [1.54, 1.807) is 4.90 Å². The Morgan fingerprint density at radius 3 is 2.40 bits per heavy atom. The Morgan fingerprint density at radius 1 is 1.35 bits per heavy atom. The number of hydrogen-bond donors (Lipinski definition) is 1. The Hall–Kier alpha value is -1.77. The minimum absolute atomic E-state index is 0.0157. The number of carboxylic acids is 1. The highest BCUT2D eigenvalue weighted by atomic mass is 16.4. The van der Waals surface area contributed by atoms with Crippen LogP contribution in [0.15, 0.2) is 0 Å². The topological polar surface area (TPSA) is 84.6 Å². The van der Waals surface area contributed by atoms with Gasteiger partial charge in [-0.3, -0.25) is 4.79 Å². The molecule has 2 amide bonds. The number of nitriles is 1. The Bertz CT molecular complexity index is 384. The summed E-state index contributed by atoms with van der Waals surface area (Å²) >= 11 is 0. The lowest BCUT2D eigenvalue weighted by molar-refractivity contribution is -0.138. The van der Waals surface area contributed by atoms with Crippen molar-refractivity contribution in [2.75, 3.05) is 13.1 Å². The van der Waals surface area contributed by atoms with Gasteiger partial charge in [0.25, 0.3) is 0 Å². The minimum Gasteiger partial charge on any atom is -0.480 e. The van der Waals surface area contributed by atoms with E-state index in [4.69, 9.17) is 10.4 Å². The molecule has 0 heterocycles. The third-order valence-corrected chi connectivity index (χ3v) is 3.65. The van der Waals surface area contributed by atoms with Crippen LogP contribution in [0.5, 0.6) is 0 Å². The molecular formula is C14H23N3O3. The van der Waals surface area contributed by atoms with Crippen LogP contribution < -0.4 is 0 Å². The molecule has 20 heavy (non-hydrogen) atoms. The summed E-state index contributed by atoms with van der Waals surface area (Å²) in [5, 5.41) is 17.7. The molecule has 0 saturated heterocycles.